The van der Waals surface area contributed by atoms with Crippen molar-refractivity contribution in [3.05, 3.63) is 47.8 Å². The highest BCUT2D eigenvalue weighted by Crippen LogP contribution is 2.68. The Morgan fingerprint density at radius 1 is 1.03 bits per heavy atom. The van der Waals surface area contributed by atoms with Crippen molar-refractivity contribution >= 4 is 17.9 Å². The molecule has 4 rings (SSSR count). The third-order valence-corrected chi connectivity index (χ3v) is 5.86. The van der Waals surface area contributed by atoms with Crippen LogP contribution in [0.1, 0.15) is 17.7 Å². The molecule has 0 spiro atoms. The van der Waals surface area contributed by atoms with Crippen molar-refractivity contribution in [2.75, 3.05) is 13.1 Å². The summed E-state index contributed by atoms with van der Waals surface area (Å²) in [6.07, 6.45) is -2.93. The highest BCUT2D eigenvalue weighted by molar-refractivity contribution is 5.94. The minimum absolute atomic E-state index is 0.226. The van der Waals surface area contributed by atoms with Gasteiger partial charge in [0.15, 0.2) is 0 Å². The lowest BCUT2D eigenvalue weighted by molar-refractivity contribution is -0.192. The molecule has 1 aliphatic carbocycles. The smallest absolute Gasteiger partial charge is 0.481 e. The molecule has 2 heterocycles. The van der Waals surface area contributed by atoms with Gasteiger partial charge in [-0.25, -0.2) is 9.48 Å². The first-order valence-corrected chi connectivity index (χ1v) is 9.42. The average Bonchev–Trinajstić information content (AvgIpc) is 3.04. The number of hydrogen-bond acceptors (Lipinski definition) is 5. The Morgan fingerprint density at radius 2 is 1.53 bits per heavy atom. The number of alkyl halides is 3. The molecule has 0 unspecified atom stereocenters. The predicted molar refractivity (Wildman–Crippen MR) is 102 cm³/mol. The molecule has 2 aliphatic rings. The van der Waals surface area contributed by atoms with Gasteiger partial charge in [0.05, 0.1) is 22.2 Å². The highest BCUT2D eigenvalue weighted by Gasteiger charge is 2.80. The Morgan fingerprint density at radius 3 is 1.97 bits per heavy atom. The van der Waals surface area contributed by atoms with Crippen LogP contribution < -0.4 is 0 Å². The van der Waals surface area contributed by atoms with Gasteiger partial charge in [-0.05, 0) is 25.5 Å². The summed E-state index contributed by atoms with van der Waals surface area (Å²) >= 11 is 0. The van der Waals surface area contributed by atoms with Gasteiger partial charge in [-0.15, -0.1) is 0 Å². The Kier molecular flexibility index (Phi) is 5.77. The van der Waals surface area contributed by atoms with E-state index < -0.39 is 34.9 Å². The Hall–Kier alpha value is -3.41. The SMILES string of the molecule is Cc1nn(-c2ccccc2)cc1CN1C[C@@]2(C(=O)O)C[C@@]2(C(=O)O)C1.O=C(O)C(F)(F)F. The van der Waals surface area contributed by atoms with Crippen LogP contribution in [-0.2, 0) is 20.9 Å². The van der Waals surface area contributed by atoms with Gasteiger partial charge in [0.1, 0.15) is 0 Å². The second-order valence-electron chi connectivity index (χ2n) is 7.92. The van der Waals surface area contributed by atoms with E-state index in [1.807, 2.05) is 48.4 Å². The molecule has 0 amide bonds. The van der Waals surface area contributed by atoms with Gasteiger partial charge < -0.3 is 15.3 Å². The summed E-state index contributed by atoms with van der Waals surface area (Å²) in [7, 11) is 0. The fraction of sp³-hybridized carbons (Fsp3) is 0.400. The molecular weight excluding hydrogens is 435 g/mol. The van der Waals surface area contributed by atoms with Gasteiger partial charge in [0.2, 0.25) is 0 Å². The predicted octanol–water partition coefficient (Wildman–Crippen LogP) is 2.18. The number of carbonyl (C=O) groups is 3. The molecule has 32 heavy (non-hydrogen) atoms. The summed E-state index contributed by atoms with van der Waals surface area (Å²) in [4.78, 5) is 34.1. The maximum atomic E-state index is 11.6. The standard InChI is InChI=1S/C18H19N3O4.C2HF3O2/c1-12-13(8-21(19-12)14-5-3-2-4-6-14)7-20-10-17(15(22)23)9-18(17,11-20)16(24)25;3-2(4,5)1(6)7/h2-6,8H,7,9-11H2,1H3,(H,22,23)(H,24,25);(H,6,7)/t17-,18+;. The molecule has 3 N–H and O–H groups in total. The number of aliphatic carboxylic acids is 3. The van der Waals surface area contributed by atoms with Crippen LogP contribution in [0.25, 0.3) is 5.69 Å². The first-order chi connectivity index (χ1) is 14.8. The van der Waals surface area contributed by atoms with Gasteiger partial charge in [-0.2, -0.15) is 18.3 Å². The lowest BCUT2D eigenvalue weighted by atomic mass is 9.97. The van der Waals surface area contributed by atoms with Crippen LogP contribution in [0.3, 0.4) is 0 Å². The van der Waals surface area contributed by atoms with Crippen molar-refractivity contribution in [2.45, 2.75) is 26.1 Å². The molecule has 12 heteroatoms. The number of piperidine rings is 1. The Balaban J connectivity index is 0.000000360. The van der Waals surface area contributed by atoms with Crippen LogP contribution in [0.4, 0.5) is 13.2 Å². The van der Waals surface area contributed by atoms with E-state index in [1.54, 1.807) is 4.68 Å². The molecule has 1 saturated carbocycles. The van der Waals surface area contributed by atoms with Crippen LogP contribution in [0, 0.1) is 17.8 Å². The summed E-state index contributed by atoms with van der Waals surface area (Å²) in [5.41, 5.74) is 0.513. The monoisotopic (exact) mass is 455 g/mol. The van der Waals surface area contributed by atoms with E-state index >= 15 is 0 Å². The number of hydrogen-bond donors (Lipinski definition) is 3. The van der Waals surface area contributed by atoms with Crippen molar-refractivity contribution in [1.82, 2.24) is 14.7 Å². The van der Waals surface area contributed by atoms with Crippen LogP contribution in [0.15, 0.2) is 36.5 Å². The molecule has 1 saturated heterocycles. The first kappa shape index (κ1) is 23.3. The number of nitrogens with zero attached hydrogens (tertiary/aromatic N) is 3. The van der Waals surface area contributed by atoms with Crippen molar-refractivity contribution < 1.29 is 42.9 Å². The lowest BCUT2D eigenvalue weighted by Gasteiger charge is -2.18. The van der Waals surface area contributed by atoms with Gasteiger partial charge in [-0.3, -0.25) is 14.5 Å². The summed E-state index contributed by atoms with van der Waals surface area (Å²) in [5, 5.41) is 30.7. The van der Waals surface area contributed by atoms with E-state index in [0.29, 0.717) is 6.54 Å². The number of halogens is 3. The normalized spacial score (nSPS) is 24.2. The zero-order chi connectivity index (χ0) is 23.9. The van der Waals surface area contributed by atoms with Crippen molar-refractivity contribution in [2.24, 2.45) is 10.8 Å². The summed E-state index contributed by atoms with van der Waals surface area (Å²) in [5.74, 6) is -4.77. The fourth-order valence-corrected chi connectivity index (χ4v) is 4.12. The molecule has 2 atom stereocenters. The Labute approximate surface area is 179 Å². The van der Waals surface area contributed by atoms with Crippen LogP contribution >= 0.6 is 0 Å². The zero-order valence-electron chi connectivity index (χ0n) is 16.8. The third kappa shape index (κ3) is 4.05. The van der Waals surface area contributed by atoms with E-state index in [2.05, 4.69) is 5.10 Å². The van der Waals surface area contributed by atoms with E-state index in [9.17, 15) is 33.0 Å². The number of aromatic nitrogens is 2. The lowest BCUT2D eigenvalue weighted by Crippen LogP contribution is -2.28. The number of carboxylic acids is 3. The fourth-order valence-electron chi connectivity index (χ4n) is 4.12. The molecule has 1 aromatic carbocycles. The molecule has 9 nitrogen and oxygen atoms in total. The van der Waals surface area contributed by atoms with E-state index in [4.69, 9.17) is 9.90 Å². The maximum Gasteiger partial charge on any atom is 0.490 e. The van der Waals surface area contributed by atoms with Gasteiger partial charge in [0.25, 0.3) is 0 Å². The molecule has 0 bridgehead atoms. The largest absolute Gasteiger partial charge is 0.490 e. The summed E-state index contributed by atoms with van der Waals surface area (Å²) in [6, 6.07) is 9.73. The van der Waals surface area contributed by atoms with E-state index in [1.165, 1.54) is 0 Å². The quantitative estimate of drug-likeness (QED) is 0.625. The number of para-hydroxylation sites is 1. The highest BCUT2D eigenvalue weighted by atomic mass is 19.4. The summed E-state index contributed by atoms with van der Waals surface area (Å²) < 4.78 is 33.5. The zero-order valence-corrected chi connectivity index (χ0v) is 16.8. The molecular formula is C20H20F3N3O6. The summed E-state index contributed by atoms with van der Waals surface area (Å²) in [6.45, 7) is 2.95. The number of fused-ring (bicyclic) bond motifs is 1. The van der Waals surface area contributed by atoms with Crippen LogP contribution in [-0.4, -0.2) is 67.2 Å². The molecule has 1 aromatic heterocycles. The van der Waals surface area contributed by atoms with Crippen LogP contribution in [0.5, 0.6) is 0 Å². The van der Waals surface area contributed by atoms with Crippen molar-refractivity contribution in [3.8, 4) is 5.69 Å². The minimum atomic E-state index is -5.08. The van der Waals surface area contributed by atoms with Gasteiger partial charge in [0, 0.05) is 31.4 Å². The molecule has 2 aromatic rings. The molecule has 0 radical (unpaired) electrons. The number of carboxylic acid groups (broad SMARTS) is 3. The third-order valence-electron chi connectivity index (χ3n) is 5.86. The minimum Gasteiger partial charge on any atom is -0.481 e. The van der Waals surface area contributed by atoms with E-state index in [0.717, 1.165) is 16.9 Å². The molecule has 1 aliphatic heterocycles. The number of rotatable bonds is 5. The number of benzene rings is 1. The molecule has 172 valence electrons. The Bertz CT molecular complexity index is 1030. The van der Waals surface area contributed by atoms with Crippen LogP contribution in [0.2, 0.25) is 0 Å². The maximum absolute atomic E-state index is 11.6. The second-order valence-corrected chi connectivity index (χ2v) is 7.92. The average molecular weight is 455 g/mol. The van der Waals surface area contributed by atoms with Crippen molar-refractivity contribution in [1.29, 1.82) is 0 Å². The number of aryl methyl sites for hydroxylation is 1. The second kappa shape index (κ2) is 7.93. The number of likely N-dealkylation sites (tertiary alicyclic amines) is 1. The van der Waals surface area contributed by atoms with Crippen molar-refractivity contribution in [3.63, 3.8) is 0 Å². The van der Waals surface area contributed by atoms with Gasteiger partial charge in [-0.1, -0.05) is 18.2 Å². The first-order valence-electron chi connectivity index (χ1n) is 9.42. The molecule has 2 fully saturated rings. The topological polar surface area (TPSA) is 133 Å². The van der Waals surface area contributed by atoms with Gasteiger partial charge >= 0.3 is 24.1 Å². The van der Waals surface area contributed by atoms with E-state index in [-0.39, 0.29) is 19.5 Å².